The van der Waals surface area contributed by atoms with E-state index in [0.717, 1.165) is 24.1 Å². The lowest BCUT2D eigenvalue weighted by Gasteiger charge is -2.23. The second-order valence-electron chi connectivity index (χ2n) is 5.72. The average Bonchev–Trinajstić information content (AvgIpc) is 3.07. The molecule has 1 amide bonds. The van der Waals surface area contributed by atoms with Crippen molar-refractivity contribution in [2.24, 2.45) is 0 Å². The molecule has 0 radical (unpaired) electrons. The molecule has 0 fully saturated rings. The summed E-state index contributed by atoms with van der Waals surface area (Å²) in [4.78, 5) is 16.0. The summed E-state index contributed by atoms with van der Waals surface area (Å²) < 4.78 is 0. The summed E-state index contributed by atoms with van der Waals surface area (Å²) in [7, 11) is 6.00. The minimum Gasteiger partial charge on any atom is -0.350 e. The molecule has 0 aliphatic heterocycles. The molecule has 2 rings (SSSR count). The number of thiophene rings is 1. The molecule has 4 nitrogen and oxygen atoms in total. The molecule has 6 heteroatoms. The van der Waals surface area contributed by atoms with Gasteiger partial charge in [-0.1, -0.05) is 24.3 Å². The van der Waals surface area contributed by atoms with E-state index in [2.05, 4.69) is 27.0 Å². The van der Waals surface area contributed by atoms with Gasteiger partial charge in [-0.15, -0.1) is 23.7 Å². The second-order valence-corrected chi connectivity index (χ2v) is 6.69. The predicted octanol–water partition coefficient (Wildman–Crippen LogP) is 2.96. The number of amides is 1. The molecule has 1 aromatic carbocycles. The van der Waals surface area contributed by atoms with Crippen LogP contribution >= 0.6 is 23.7 Å². The summed E-state index contributed by atoms with van der Waals surface area (Å²) >= 11 is 1.72. The predicted molar refractivity (Wildman–Crippen MR) is 104 cm³/mol. The number of likely N-dealkylation sites (N-methyl/N-ethyl adjacent to an activating group) is 2. The van der Waals surface area contributed by atoms with Crippen LogP contribution in [0.25, 0.3) is 0 Å². The molecule has 1 heterocycles. The number of carbonyl (C=O) groups is 1. The van der Waals surface area contributed by atoms with Crippen molar-refractivity contribution in [3.05, 3.63) is 57.8 Å². The summed E-state index contributed by atoms with van der Waals surface area (Å²) in [5.74, 6) is 0.000101. The van der Waals surface area contributed by atoms with Crippen LogP contribution in [0, 0.1) is 0 Å². The number of hydrogen-bond donors (Lipinski definition) is 2. The van der Waals surface area contributed by atoms with E-state index in [1.165, 1.54) is 4.88 Å². The average molecular weight is 368 g/mol. The van der Waals surface area contributed by atoms with Crippen LogP contribution in [0.3, 0.4) is 0 Å². The fraction of sp³-hybridized carbons (Fsp3) is 0.389. The third-order valence-electron chi connectivity index (χ3n) is 3.86. The molecule has 0 spiro atoms. The summed E-state index contributed by atoms with van der Waals surface area (Å²) in [6.45, 7) is 1.46. The van der Waals surface area contributed by atoms with Crippen molar-refractivity contribution in [1.82, 2.24) is 15.5 Å². The van der Waals surface area contributed by atoms with Gasteiger partial charge in [0.15, 0.2) is 0 Å². The quantitative estimate of drug-likeness (QED) is 0.754. The van der Waals surface area contributed by atoms with Crippen LogP contribution in [0.15, 0.2) is 41.8 Å². The lowest BCUT2D eigenvalue weighted by atomic mass is 10.0. The summed E-state index contributed by atoms with van der Waals surface area (Å²) in [5.41, 5.74) is 1.85. The highest BCUT2D eigenvalue weighted by atomic mass is 35.5. The largest absolute Gasteiger partial charge is 0.350 e. The van der Waals surface area contributed by atoms with Crippen molar-refractivity contribution in [3.63, 3.8) is 0 Å². The summed E-state index contributed by atoms with van der Waals surface area (Å²) in [5, 5.41) is 8.29. The number of rotatable bonds is 8. The fourth-order valence-corrected chi connectivity index (χ4v) is 3.45. The molecule has 1 unspecified atom stereocenters. The lowest BCUT2D eigenvalue weighted by Crippen LogP contribution is -2.34. The monoisotopic (exact) mass is 367 g/mol. The van der Waals surface area contributed by atoms with Crippen molar-refractivity contribution in [2.75, 3.05) is 34.2 Å². The van der Waals surface area contributed by atoms with Crippen LogP contribution in [0.2, 0.25) is 0 Å². The summed E-state index contributed by atoms with van der Waals surface area (Å²) in [6, 6.07) is 12.2. The van der Waals surface area contributed by atoms with Crippen LogP contribution < -0.4 is 10.6 Å². The molecule has 0 saturated heterocycles. The smallest absolute Gasteiger partial charge is 0.251 e. The Morgan fingerprint density at radius 1 is 1.21 bits per heavy atom. The Hall–Kier alpha value is -1.40. The minimum absolute atomic E-state index is 0. The zero-order valence-corrected chi connectivity index (χ0v) is 16.0. The number of nitrogens with zero attached hydrogens (tertiary/aromatic N) is 1. The van der Waals surface area contributed by atoms with Crippen LogP contribution in [0.5, 0.6) is 0 Å². The van der Waals surface area contributed by atoms with Gasteiger partial charge in [0, 0.05) is 17.0 Å². The van der Waals surface area contributed by atoms with Crippen molar-refractivity contribution in [1.29, 1.82) is 0 Å². The van der Waals surface area contributed by atoms with Crippen LogP contribution in [0.4, 0.5) is 0 Å². The molecule has 2 N–H and O–H groups in total. The Bertz CT molecular complexity index is 616. The zero-order chi connectivity index (χ0) is 16.7. The minimum atomic E-state index is 0. The fourth-order valence-electron chi connectivity index (χ4n) is 2.52. The van der Waals surface area contributed by atoms with Gasteiger partial charge < -0.3 is 15.5 Å². The van der Waals surface area contributed by atoms with Crippen LogP contribution in [-0.2, 0) is 6.42 Å². The highest BCUT2D eigenvalue weighted by Crippen LogP contribution is 2.22. The maximum absolute atomic E-state index is 12.6. The Kier molecular flexibility index (Phi) is 9.00. The first-order valence-corrected chi connectivity index (χ1v) is 8.72. The Balaban J connectivity index is 0.00000288. The normalized spacial score (nSPS) is 11.8. The molecular formula is C18H26ClN3OS. The number of nitrogens with one attached hydrogen (secondary N) is 2. The Morgan fingerprint density at radius 3 is 2.58 bits per heavy atom. The van der Waals surface area contributed by atoms with Gasteiger partial charge in [-0.2, -0.15) is 0 Å². The molecule has 0 aliphatic rings. The van der Waals surface area contributed by atoms with Crippen molar-refractivity contribution in [2.45, 2.75) is 12.5 Å². The van der Waals surface area contributed by atoms with E-state index in [1.54, 1.807) is 11.3 Å². The van der Waals surface area contributed by atoms with Crippen molar-refractivity contribution >= 4 is 29.7 Å². The number of halogens is 1. The molecular weight excluding hydrogens is 342 g/mol. The molecule has 0 bridgehead atoms. The Labute approximate surface area is 154 Å². The van der Waals surface area contributed by atoms with Gasteiger partial charge in [0.1, 0.15) is 0 Å². The van der Waals surface area contributed by atoms with E-state index in [9.17, 15) is 4.79 Å². The van der Waals surface area contributed by atoms with Gasteiger partial charge in [0.25, 0.3) is 5.91 Å². The maximum Gasteiger partial charge on any atom is 0.251 e. The van der Waals surface area contributed by atoms with E-state index < -0.39 is 0 Å². The van der Waals surface area contributed by atoms with Gasteiger partial charge >= 0.3 is 0 Å². The topological polar surface area (TPSA) is 44.4 Å². The van der Waals surface area contributed by atoms with Gasteiger partial charge in [-0.05, 0) is 57.2 Å². The zero-order valence-electron chi connectivity index (χ0n) is 14.4. The van der Waals surface area contributed by atoms with E-state index in [1.807, 2.05) is 51.5 Å². The van der Waals surface area contributed by atoms with Crippen molar-refractivity contribution in [3.8, 4) is 0 Å². The molecule has 1 atom stereocenters. The Morgan fingerprint density at radius 2 is 1.96 bits per heavy atom. The summed E-state index contributed by atoms with van der Waals surface area (Å²) in [6.07, 6.45) is 0.849. The van der Waals surface area contributed by atoms with Crippen LogP contribution in [-0.4, -0.2) is 45.0 Å². The van der Waals surface area contributed by atoms with E-state index in [4.69, 9.17) is 0 Å². The van der Waals surface area contributed by atoms with Crippen LogP contribution in [0.1, 0.15) is 26.8 Å². The van der Waals surface area contributed by atoms with E-state index in [-0.39, 0.29) is 24.4 Å². The third-order valence-corrected chi connectivity index (χ3v) is 4.83. The lowest BCUT2D eigenvalue weighted by molar-refractivity contribution is 0.0941. The number of benzene rings is 1. The standard InChI is InChI=1S/C18H25N3OS.ClH/c1-19-11-10-14-7-4-5-8-15(14)18(22)20-13-16(21(2)3)17-9-6-12-23-17;/h4-9,12,16,19H,10-11,13H2,1-3H3,(H,20,22);1H. The molecule has 2 aromatic rings. The molecule has 0 saturated carbocycles. The maximum atomic E-state index is 12.6. The first-order chi connectivity index (χ1) is 11.1. The van der Waals surface area contributed by atoms with Gasteiger partial charge in [0.2, 0.25) is 0 Å². The SMILES string of the molecule is CNCCc1ccccc1C(=O)NCC(c1cccs1)N(C)C.Cl. The van der Waals surface area contributed by atoms with Gasteiger partial charge in [-0.25, -0.2) is 0 Å². The molecule has 132 valence electrons. The highest BCUT2D eigenvalue weighted by Gasteiger charge is 2.17. The van der Waals surface area contributed by atoms with E-state index >= 15 is 0 Å². The second kappa shape index (κ2) is 10.5. The van der Waals surface area contributed by atoms with Gasteiger partial charge in [0.05, 0.1) is 6.04 Å². The molecule has 0 aliphatic carbocycles. The molecule has 1 aromatic heterocycles. The van der Waals surface area contributed by atoms with Crippen molar-refractivity contribution < 1.29 is 4.79 Å². The molecule has 24 heavy (non-hydrogen) atoms. The first-order valence-electron chi connectivity index (χ1n) is 7.84. The highest BCUT2D eigenvalue weighted by molar-refractivity contribution is 7.10. The number of hydrogen-bond acceptors (Lipinski definition) is 4. The number of carbonyl (C=O) groups excluding carboxylic acids is 1. The third kappa shape index (κ3) is 5.60. The van der Waals surface area contributed by atoms with Gasteiger partial charge in [-0.3, -0.25) is 4.79 Å². The van der Waals surface area contributed by atoms with E-state index in [0.29, 0.717) is 6.54 Å². The first kappa shape index (κ1) is 20.6.